The molecule has 0 spiro atoms. The van der Waals surface area contributed by atoms with E-state index in [9.17, 15) is 8.78 Å². The molecule has 0 aliphatic rings. The van der Waals surface area contributed by atoms with Gasteiger partial charge >= 0.3 is 0 Å². The van der Waals surface area contributed by atoms with Crippen molar-refractivity contribution in [2.24, 2.45) is 0 Å². The molecule has 14 heavy (non-hydrogen) atoms. The van der Waals surface area contributed by atoms with Crippen LogP contribution in [0.15, 0.2) is 12.1 Å². The Balaban J connectivity index is 3.32. The van der Waals surface area contributed by atoms with E-state index in [0.29, 0.717) is 6.42 Å². The van der Waals surface area contributed by atoms with Gasteiger partial charge in [-0.25, -0.2) is 8.78 Å². The molecule has 0 aliphatic heterocycles. The van der Waals surface area contributed by atoms with Crippen molar-refractivity contribution >= 4 is 11.4 Å². The summed E-state index contributed by atoms with van der Waals surface area (Å²) in [7, 11) is 1.54. The zero-order valence-electron chi connectivity index (χ0n) is 8.12. The molecule has 2 nitrogen and oxygen atoms in total. The van der Waals surface area contributed by atoms with Gasteiger partial charge in [0.25, 0.3) is 0 Å². The number of benzene rings is 1. The van der Waals surface area contributed by atoms with Crippen LogP contribution >= 0.6 is 0 Å². The number of hydrogen-bond donors (Lipinski definition) is 2. The van der Waals surface area contributed by atoms with Crippen molar-refractivity contribution in [1.82, 2.24) is 0 Å². The van der Waals surface area contributed by atoms with E-state index in [0.717, 1.165) is 6.07 Å². The molecule has 0 amide bonds. The second-order valence-electron chi connectivity index (χ2n) is 2.89. The first-order chi connectivity index (χ1) is 6.60. The van der Waals surface area contributed by atoms with Crippen molar-refractivity contribution in [2.75, 3.05) is 12.4 Å². The Bertz CT molecular complexity index is 361. The topological polar surface area (TPSA) is 35.9 Å². The highest BCUT2D eigenvalue weighted by Gasteiger charge is 2.12. The molecule has 4 heteroatoms. The lowest BCUT2D eigenvalue weighted by atomic mass is 10.1. The van der Waals surface area contributed by atoms with Gasteiger partial charge in [-0.3, -0.25) is 0 Å². The van der Waals surface area contributed by atoms with Crippen molar-refractivity contribution < 1.29 is 8.78 Å². The second-order valence-corrected chi connectivity index (χ2v) is 2.89. The van der Waals surface area contributed by atoms with Crippen LogP contribution < -0.4 is 5.32 Å². The fourth-order valence-electron chi connectivity index (χ4n) is 1.26. The third kappa shape index (κ3) is 1.89. The molecule has 1 aromatic rings. The summed E-state index contributed by atoms with van der Waals surface area (Å²) in [5.74, 6) is -1.32. The Morgan fingerprint density at radius 1 is 1.43 bits per heavy atom. The number of anilines is 1. The number of halogens is 2. The van der Waals surface area contributed by atoms with Gasteiger partial charge in [-0.2, -0.15) is 0 Å². The first-order valence-corrected chi connectivity index (χ1v) is 4.34. The standard InChI is InChI=1S/C10H12F2N2/c1-3-9(13)7-4-6(11)5-8(12)10(7)14-2/h4-5,13-14H,3H2,1-2H3. The summed E-state index contributed by atoms with van der Waals surface area (Å²) in [6, 6.07) is 1.97. The fourth-order valence-corrected chi connectivity index (χ4v) is 1.26. The molecular weight excluding hydrogens is 186 g/mol. The third-order valence-corrected chi connectivity index (χ3v) is 1.98. The SMILES string of the molecule is CCC(=N)c1cc(F)cc(F)c1NC. The number of nitrogens with one attached hydrogen (secondary N) is 2. The summed E-state index contributed by atoms with van der Waals surface area (Å²) in [4.78, 5) is 0. The van der Waals surface area contributed by atoms with Crippen LogP contribution in [0.4, 0.5) is 14.5 Å². The van der Waals surface area contributed by atoms with Crippen molar-refractivity contribution in [1.29, 1.82) is 5.41 Å². The number of rotatable bonds is 3. The van der Waals surface area contributed by atoms with Crippen LogP contribution in [0.2, 0.25) is 0 Å². The zero-order valence-corrected chi connectivity index (χ0v) is 8.12. The van der Waals surface area contributed by atoms with Gasteiger partial charge in [0.1, 0.15) is 11.6 Å². The summed E-state index contributed by atoms with van der Waals surface area (Å²) in [6.07, 6.45) is 0.442. The highest BCUT2D eigenvalue weighted by Crippen LogP contribution is 2.22. The average Bonchev–Trinajstić information content (AvgIpc) is 2.15. The molecular formula is C10H12F2N2. The Morgan fingerprint density at radius 2 is 2.07 bits per heavy atom. The monoisotopic (exact) mass is 198 g/mol. The Labute approximate surface area is 81.5 Å². The average molecular weight is 198 g/mol. The third-order valence-electron chi connectivity index (χ3n) is 1.98. The van der Waals surface area contributed by atoms with Gasteiger partial charge in [0, 0.05) is 24.4 Å². The van der Waals surface area contributed by atoms with Crippen LogP contribution in [-0.4, -0.2) is 12.8 Å². The van der Waals surface area contributed by atoms with E-state index in [4.69, 9.17) is 5.41 Å². The van der Waals surface area contributed by atoms with E-state index in [-0.39, 0.29) is 17.0 Å². The van der Waals surface area contributed by atoms with Gasteiger partial charge in [-0.05, 0) is 12.5 Å². The molecule has 0 heterocycles. The number of hydrogen-bond acceptors (Lipinski definition) is 2. The largest absolute Gasteiger partial charge is 0.385 e. The summed E-state index contributed by atoms with van der Waals surface area (Å²) in [6.45, 7) is 1.77. The quantitative estimate of drug-likeness (QED) is 0.720. The first-order valence-electron chi connectivity index (χ1n) is 4.34. The van der Waals surface area contributed by atoms with E-state index in [1.54, 1.807) is 14.0 Å². The summed E-state index contributed by atoms with van der Waals surface area (Å²) in [5, 5.41) is 10.2. The minimum Gasteiger partial charge on any atom is -0.385 e. The Kier molecular flexibility index (Phi) is 3.17. The van der Waals surface area contributed by atoms with Crippen molar-refractivity contribution in [2.45, 2.75) is 13.3 Å². The maximum atomic E-state index is 13.2. The highest BCUT2D eigenvalue weighted by molar-refractivity contribution is 6.02. The molecule has 0 saturated carbocycles. The molecule has 76 valence electrons. The summed E-state index contributed by atoms with van der Waals surface area (Å²) < 4.78 is 26.1. The van der Waals surface area contributed by atoms with E-state index >= 15 is 0 Å². The maximum Gasteiger partial charge on any atom is 0.149 e. The Hall–Kier alpha value is -1.45. The molecule has 1 aromatic carbocycles. The van der Waals surface area contributed by atoms with Crippen molar-refractivity contribution in [3.05, 3.63) is 29.3 Å². The molecule has 0 fully saturated rings. The van der Waals surface area contributed by atoms with E-state index in [1.165, 1.54) is 6.07 Å². The van der Waals surface area contributed by atoms with Crippen molar-refractivity contribution in [3.63, 3.8) is 0 Å². The smallest absolute Gasteiger partial charge is 0.149 e. The van der Waals surface area contributed by atoms with Crippen molar-refractivity contribution in [3.8, 4) is 0 Å². The second kappa shape index (κ2) is 4.17. The minimum atomic E-state index is -0.666. The molecule has 0 aromatic heterocycles. The zero-order chi connectivity index (χ0) is 10.7. The fraction of sp³-hybridized carbons (Fsp3) is 0.300. The first kappa shape index (κ1) is 10.6. The molecule has 0 atom stereocenters. The summed E-state index contributed by atoms with van der Waals surface area (Å²) >= 11 is 0. The lowest BCUT2D eigenvalue weighted by Gasteiger charge is -2.10. The van der Waals surface area contributed by atoms with Gasteiger partial charge in [-0.15, -0.1) is 0 Å². The van der Waals surface area contributed by atoms with Gasteiger partial charge in [0.15, 0.2) is 0 Å². The van der Waals surface area contributed by atoms with Crippen LogP contribution in [0.25, 0.3) is 0 Å². The predicted octanol–water partition coefficient (Wildman–Crippen LogP) is 2.78. The maximum absolute atomic E-state index is 13.2. The molecule has 0 unspecified atom stereocenters. The van der Waals surface area contributed by atoms with Crippen LogP contribution in [0.1, 0.15) is 18.9 Å². The molecule has 0 bridgehead atoms. The lowest BCUT2D eigenvalue weighted by molar-refractivity contribution is 0.585. The lowest BCUT2D eigenvalue weighted by Crippen LogP contribution is -2.05. The molecule has 0 saturated heterocycles. The van der Waals surface area contributed by atoms with Crippen LogP contribution in [-0.2, 0) is 0 Å². The van der Waals surface area contributed by atoms with Crippen LogP contribution in [0.5, 0.6) is 0 Å². The van der Waals surface area contributed by atoms with Gasteiger partial charge in [0.05, 0.1) is 5.69 Å². The highest BCUT2D eigenvalue weighted by atomic mass is 19.1. The van der Waals surface area contributed by atoms with Crippen LogP contribution in [0.3, 0.4) is 0 Å². The van der Waals surface area contributed by atoms with E-state index < -0.39 is 11.6 Å². The summed E-state index contributed by atoms with van der Waals surface area (Å²) in [5.41, 5.74) is 0.679. The van der Waals surface area contributed by atoms with E-state index in [1.807, 2.05) is 0 Å². The van der Waals surface area contributed by atoms with Gasteiger partial charge in [-0.1, -0.05) is 6.92 Å². The van der Waals surface area contributed by atoms with Gasteiger partial charge < -0.3 is 10.7 Å². The normalized spacial score (nSPS) is 10.0. The Morgan fingerprint density at radius 3 is 2.57 bits per heavy atom. The van der Waals surface area contributed by atoms with Crippen LogP contribution in [0, 0.1) is 17.0 Å². The molecule has 0 aliphatic carbocycles. The predicted molar refractivity (Wildman–Crippen MR) is 53.0 cm³/mol. The molecule has 2 N–H and O–H groups in total. The molecule has 0 radical (unpaired) electrons. The van der Waals surface area contributed by atoms with E-state index in [2.05, 4.69) is 5.32 Å². The minimum absolute atomic E-state index is 0.179. The molecule has 1 rings (SSSR count). The van der Waals surface area contributed by atoms with Gasteiger partial charge in [0.2, 0.25) is 0 Å².